The van der Waals surface area contributed by atoms with E-state index in [0.717, 1.165) is 17.0 Å². The largest absolute Gasteiger partial charge is 0.326 e. The maximum atomic E-state index is 13.6. The fourth-order valence-corrected chi connectivity index (χ4v) is 3.34. The van der Waals surface area contributed by atoms with Crippen LogP contribution in [0.2, 0.25) is 0 Å². The number of halogens is 1. The molecule has 1 amide bonds. The Labute approximate surface area is 149 Å². The standard InChI is InChI=1S/C18H19FN6O/c1-11-8-12(2)25-18(21-11)22-16(23-25)17(26)24-7-6-20-10-15(24)13-4-3-5-14(19)9-13/h3-5,8-9,15,20H,6-7,10H2,1-2H3. The topological polar surface area (TPSA) is 75.4 Å². The number of nitrogens with one attached hydrogen (secondary N) is 1. The van der Waals surface area contributed by atoms with Crippen LogP contribution in [0.1, 0.15) is 33.6 Å². The molecule has 2 aromatic heterocycles. The maximum absolute atomic E-state index is 13.6. The summed E-state index contributed by atoms with van der Waals surface area (Å²) >= 11 is 0. The van der Waals surface area contributed by atoms with Gasteiger partial charge in [0.25, 0.3) is 11.7 Å². The number of aryl methyl sites for hydroxylation is 2. The highest BCUT2D eigenvalue weighted by molar-refractivity contribution is 5.91. The van der Waals surface area contributed by atoms with E-state index in [-0.39, 0.29) is 23.6 Å². The summed E-state index contributed by atoms with van der Waals surface area (Å²) in [5.74, 6) is -0.0808. The van der Waals surface area contributed by atoms with Crippen LogP contribution >= 0.6 is 0 Å². The van der Waals surface area contributed by atoms with Gasteiger partial charge in [0.1, 0.15) is 5.82 Å². The van der Waals surface area contributed by atoms with Crippen molar-refractivity contribution in [3.05, 3.63) is 58.9 Å². The smallest absolute Gasteiger partial charge is 0.294 e. The van der Waals surface area contributed by atoms with Gasteiger partial charge < -0.3 is 10.2 Å². The molecule has 1 aromatic carbocycles. The van der Waals surface area contributed by atoms with Gasteiger partial charge in [-0.15, -0.1) is 5.10 Å². The lowest BCUT2D eigenvalue weighted by Crippen LogP contribution is -2.49. The Morgan fingerprint density at radius 2 is 2.12 bits per heavy atom. The third-order valence-electron chi connectivity index (χ3n) is 4.55. The summed E-state index contributed by atoms with van der Waals surface area (Å²) in [7, 11) is 0. The molecular formula is C18H19FN6O. The first-order valence-corrected chi connectivity index (χ1v) is 8.51. The molecule has 0 saturated carbocycles. The molecule has 0 aliphatic carbocycles. The monoisotopic (exact) mass is 354 g/mol. The highest BCUT2D eigenvalue weighted by atomic mass is 19.1. The first kappa shape index (κ1) is 16.6. The maximum Gasteiger partial charge on any atom is 0.294 e. The van der Waals surface area contributed by atoms with Gasteiger partial charge in [0.05, 0.1) is 6.04 Å². The minimum Gasteiger partial charge on any atom is -0.326 e. The number of rotatable bonds is 2. The quantitative estimate of drug-likeness (QED) is 0.758. The summed E-state index contributed by atoms with van der Waals surface area (Å²) in [6.07, 6.45) is 0. The Kier molecular flexibility index (Phi) is 4.12. The number of carbonyl (C=O) groups is 1. The first-order chi connectivity index (χ1) is 12.5. The molecule has 0 bridgehead atoms. The molecule has 3 heterocycles. The van der Waals surface area contributed by atoms with Crippen LogP contribution in [0.25, 0.3) is 5.78 Å². The number of amides is 1. The molecule has 1 atom stereocenters. The van der Waals surface area contributed by atoms with Gasteiger partial charge in [0.15, 0.2) is 0 Å². The Bertz CT molecular complexity index is 985. The number of piperazine rings is 1. The van der Waals surface area contributed by atoms with Crippen molar-refractivity contribution in [3.63, 3.8) is 0 Å². The molecule has 3 aromatic rings. The number of carbonyl (C=O) groups excluding carboxylic acids is 1. The van der Waals surface area contributed by atoms with Crippen molar-refractivity contribution in [2.24, 2.45) is 0 Å². The second kappa shape index (κ2) is 6.45. The molecule has 4 rings (SSSR count). The third-order valence-corrected chi connectivity index (χ3v) is 4.55. The molecule has 1 unspecified atom stereocenters. The number of aromatic nitrogens is 4. The molecule has 1 aliphatic rings. The summed E-state index contributed by atoms with van der Waals surface area (Å²) in [6, 6.07) is 7.95. The van der Waals surface area contributed by atoms with E-state index in [1.807, 2.05) is 26.0 Å². The van der Waals surface area contributed by atoms with E-state index >= 15 is 0 Å². The molecule has 1 saturated heterocycles. The van der Waals surface area contributed by atoms with E-state index in [9.17, 15) is 9.18 Å². The number of benzene rings is 1. The summed E-state index contributed by atoms with van der Waals surface area (Å²) in [4.78, 5) is 23.4. The van der Waals surface area contributed by atoms with Crippen molar-refractivity contribution in [1.29, 1.82) is 0 Å². The minimum atomic E-state index is -0.318. The SMILES string of the molecule is Cc1cc(C)n2nc(C(=O)N3CCNCC3c3cccc(F)c3)nc2n1. The van der Waals surface area contributed by atoms with Crippen LogP contribution in [0.4, 0.5) is 4.39 Å². The zero-order valence-corrected chi connectivity index (χ0v) is 14.6. The van der Waals surface area contributed by atoms with Crippen LogP contribution in [0, 0.1) is 19.7 Å². The average molecular weight is 354 g/mol. The molecule has 8 heteroatoms. The lowest BCUT2D eigenvalue weighted by Gasteiger charge is -2.35. The fourth-order valence-electron chi connectivity index (χ4n) is 3.34. The van der Waals surface area contributed by atoms with Crippen molar-refractivity contribution in [2.45, 2.75) is 19.9 Å². The van der Waals surface area contributed by atoms with Gasteiger partial charge in [-0.05, 0) is 37.6 Å². The van der Waals surface area contributed by atoms with Crippen LogP contribution in [-0.4, -0.2) is 50.0 Å². The van der Waals surface area contributed by atoms with Gasteiger partial charge in [-0.25, -0.2) is 13.9 Å². The summed E-state index contributed by atoms with van der Waals surface area (Å²) < 4.78 is 15.2. The van der Waals surface area contributed by atoms with Gasteiger partial charge in [0.2, 0.25) is 5.82 Å². The highest BCUT2D eigenvalue weighted by Gasteiger charge is 2.31. The van der Waals surface area contributed by atoms with Crippen molar-refractivity contribution in [1.82, 2.24) is 29.8 Å². The average Bonchev–Trinajstić information content (AvgIpc) is 3.05. The van der Waals surface area contributed by atoms with Crippen molar-refractivity contribution >= 4 is 11.7 Å². The van der Waals surface area contributed by atoms with E-state index in [4.69, 9.17) is 0 Å². The van der Waals surface area contributed by atoms with Gasteiger partial charge in [-0.3, -0.25) is 4.79 Å². The molecule has 134 valence electrons. The van der Waals surface area contributed by atoms with Gasteiger partial charge in [0, 0.05) is 31.0 Å². The number of hydrogen-bond acceptors (Lipinski definition) is 5. The number of hydrogen-bond donors (Lipinski definition) is 1. The third kappa shape index (κ3) is 2.92. The fraction of sp³-hybridized carbons (Fsp3) is 0.333. The molecular weight excluding hydrogens is 335 g/mol. The van der Waals surface area contributed by atoms with Crippen LogP contribution in [-0.2, 0) is 0 Å². The summed E-state index contributed by atoms with van der Waals surface area (Å²) in [5, 5.41) is 7.59. The van der Waals surface area contributed by atoms with Crippen LogP contribution in [0.15, 0.2) is 30.3 Å². The van der Waals surface area contributed by atoms with E-state index in [1.54, 1.807) is 15.5 Å². The summed E-state index contributed by atoms with van der Waals surface area (Å²) in [6.45, 7) is 5.49. The van der Waals surface area contributed by atoms with Crippen molar-refractivity contribution < 1.29 is 9.18 Å². The van der Waals surface area contributed by atoms with Crippen molar-refractivity contribution in [3.8, 4) is 0 Å². The molecule has 0 spiro atoms. The summed E-state index contributed by atoms with van der Waals surface area (Å²) in [5.41, 5.74) is 2.43. The zero-order chi connectivity index (χ0) is 18.3. The van der Waals surface area contributed by atoms with E-state index < -0.39 is 0 Å². The zero-order valence-electron chi connectivity index (χ0n) is 14.6. The van der Waals surface area contributed by atoms with Crippen LogP contribution in [0.5, 0.6) is 0 Å². The van der Waals surface area contributed by atoms with Crippen LogP contribution in [0.3, 0.4) is 0 Å². The highest BCUT2D eigenvalue weighted by Crippen LogP contribution is 2.24. The Hall–Kier alpha value is -2.87. The number of nitrogens with zero attached hydrogens (tertiary/aromatic N) is 5. The van der Waals surface area contributed by atoms with E-state index in [1.165, 1.54) is 12.1 Å². The van der Waals surface area contributed by atoms with Gasteiger partial charge >= 0.3 is 0 Å². The molecule has 26 heavy (non-hydrogen) atoms. The van der Waals surface area contributed by atoms with Crippen molar-refractivity contribution in [2.75, 3.05) is 19.6 Å². The van der Waals surface area contributed by atoms with E-state index in [0.29, 0.717) is 25.4 Å². The Morgan fingerprint density at radius 1 is 1.27 bits per heavy atom. The lowest BCUT2D eigenvalue weighted by molar-refractivity contribution is 0.0621. The predicted molar refractivity (Wildman–Crippen MR) is 93.3 cm³/mol. The van der Waals surface area contributed by atoms with Gasteiger partial charge in [-0.2, -0.15) is 4.98 Å². The lowest BCUT2D eigenvalue weighted by atomic mass is 10.0. The molecule has 1 aliphatic heterocycles. The van der Waals surface area contributed by atoms with Crippen LogP contribution < -0.4 is 5.32 Å². The Morgan fingerprint density at radius 3 is 2.92 bits per heavy atom. The minimum absolute atomic E-state index is 0.106. The molecule has 7 nitrogen and oxygen atoms in total. The second-order valence-electron chi connectivity index (χ2n) is 6.46. The molecule has 1 N–H and O–H groups in total. The molecule has 0 radical (unpaired) electrons. The Balaban J connectivity index is 1.70. The normalized spacial score (nSPS) is 17.7. The van der Waals surface area contributed by atoms with Gasteiger partial charge in [-0.1, -0.05) is 12.1 Å². The molecule has 1 fully saturated rings. The van der Waals surface area contributed by atoms with E-state index in [2.05, 4.69) is 20.4 Å². The second-order valence-corrected chi connectivity index (χ2v) is 6.46. The number of fused-ring (bicyclic) bond motifs is 1. The first-order valence-electron chi connectivity index (χ1n) is 8.51. The predicted octanol–water partition coefficient (Wildman–Crippen LogP) is 1.67.